The Bertz CT molecular complexity index is 1310. The molecule has 0 bridgehead atoms. The second-order valence-corrected chi connectivity index (χ2v) is 8.64. The summed E-state index contributed by atoms with van der Waals surface area (Å²) in [5, 5.41) is 16.8. The van der Waals surface area contributed by atoms with Crippen LogP contribution in [0.25, 0.3) is 10.6 Å². The first kappa shape index (κ1) is 22.3. The molecule has 0 unspecified atom stereocenters. The predicted molar refractivity (Wildman–Crippen MR) is 125 cm³/mol. The molecular weight excluding hydrogens is 440 g/mol. The lowest BCUT2D eigenvalue weighted by Gasteiger charge is -2.13. The Morgan fingerprint density at radius 3 is 2.48 bits per heavy atom. The third-order valence-corrected chi connectivity index (χ3v) is 6.13. The molecule has 1 N–H and O–H groups in total. The van der Waals surface area contributed by atoms with Crippen molar-refractivity contribution >= 4 is 17.3 Å². The minimum Gasteiger partial charge on any atom is -0.465 e. The molecule has 0 radical (unpaired) electrons. The summed E-state index contributed by atoms with van der Waals surface area (Å²) >= 11 is 1.57. The number of nitrogens with one attached hydrogen (secondary N) is 1. The molecule has 8 nitrogen and oxygen atoms in total. The zero-order chi connectivity index (χ0) is 23.4. The van der Waals surface area contributed by atoms with E-state index in [1.807, 2.05) is 24.3 Å². The van der Waals surface area contributed by atoms with E-state index in [0.717, 1.165) is 21.1 Å². The van der Waals surface area contributed by atoms with Gasteiger partial charge in [0.1, 0.15) is 21.5 Å². The van der Waals surface area contributed by atoms with Crippen molar-refractivity contribution in [2.24, 2.45) is 0 Å². The highest BCUT2D eigenvalue weighted by atomic mass is 32.1. The molecule has 0 aliphatic carbocycles. The van der Waals surface area contributed by atoms with Gasteiger partial charge in [-0.1, -0.05) is 31.3 Å². The smallest absolute Gasteiger partial charge is 0.337 e. The number of aromatic nitrogens is 4. The number of ether oxygens (including phenoxy) is 2. The Morgan fingerprint density at radius 1 is 1.06 bits per heavy atom. The van der Waals surface area contributed by atoms with Crippen molar-refractivity contribution in [2.75, 3.05) is 7.11 Å². The standard InChI is InChI=1S/C24H22N4O4S/c1-14(2)22-27-28-23(33-22)15-6-9-19(10-7-15)32-20-13-17(24(30)31-3)5-4-16(20)12-18-8-11-21(29)26-25-18/h4-11,13-14H,12H2,1-3H3,(H,26,29). The van der Waals surface area contributed by atoms with E-state index < -0.39 is 5.97 Å². The molecule has 0 aliphatic heterocycles. The lowest BCUT2D eigenvalue weighted by Crippen LogP contribution is -2.08. The monoisotopic (exact) mass is 462 g/mol. The number of benzene rings is 2. The van der Waals surface area contributed by atoms with Crippen molar-refractivity contribution < 1.29 is 14.3 Å². The van der Waals surface area contributed by atoms with Gasteiger partial charge in [0, 0.05) is 29.5 Å². The van der Waals surface area contributed by atoms with Crippen LogP contribution in [0.3, 0.4) is 0 Å². The molecule has 168 valence electrons. The number of nitrogens with zero attached hydrogens (tertiary/aromatic N) is 3. The number of rotatable bonds is 7. The van der Waals surface area contributed by atoms with Crippen LogP contribution in [-0.2, 0) is 11.2 Å². The van der Waals surface area contributed by atoms with Gasteiger partial charge in [0.25, 0.3) is 5.56 Å². The molecule has 0 aliphatic rings. The van der Waals surface area contributed by atoms with E-state index in [0.29, 0.717) is 35.1 Å². The normalized spacial score (nSPS) is 10.9. The Hall–Kier alpha value is -3.85. The van der Waals surface area contributed by atoms with Crippen LogP contribution in [0.1, 0.15) is 46.4 Å². The Morgan fingerprint density at radius 2 is 1.85 bits per heavy atom. The SMILES string of the molecule is COC(=O)c1ccc(Cc2ccc(=O)[nH]n2)c(Oc2ccc(-c3nnc(C(C)C)s3)cc2)c1. The largest absolute Gasteiger partial charge is 0.465 e. The summed E-state index contributed by atoms with van der Waals surface area (Å²) in [7, 11) is 1.33. The fraction of sp³-hybridized carbons (Fsp3) is 0.208. The quantitative estimate of drug-likeness (QED) is 0.401. The second kappa shape index (κ2) is 9.74. The fourth-order valence-corrected chi connectivity index (χ4v) is 3.94. The summed E-state index contributed by atoms with van der Waals surface area (Å²) in [5.74, 6) is 0.971. The van der Waals surface area contributed by atoms with E-state index in [-0.39, 0.29) is 5.56 Å². The van der Waals surface area contributed by atoms with Gasteiger partial charge in [-0.15, -0.1) is 10.2 Å². The minimum atomic E-state index is -0.457. The minimum absolute atomic E-state index is 0.271. The van der Waals surface area contributed by atoms with Gasteiger partial charge >= 0.3 is 5.97 Å². The summed E-state index contributed by atoms with van der Waals surface area (Å²) in [6.07, 6.45) is 0.411. The molecule has 0 amide bonds. The van der Waals surface area contributed by atoms with Crippen molar-refractivity contribution in [3.8, 4) is 22.1 Å². The molecule has 4 aromatic rings. The zero-order valence-corrected chi connectivity index (χ0v) is 19.2. The van der Waals surface area contributed by atoms with Crippen molar-refractivity contribution in [3.63, 3.8) is 0 Å². The summed E-state index contributed by atoms with van der Waals surface area (Å²) in [4.78, 5) is 23.3. The van der Waals surface area contributed by atoms with Gasteiger partial charge in [0.2, 0.25) is 0 Å². The summed E-state index contributed by atoms with van der Waals surface area (Å²) in [6.45, 7) is 4.17. The molecule has 2 aromatic heterocycles. The second-order valence-electron chi connectivity index (χ2n) is 7.63. The van der Waals surface area contributed by atoms with Gasteiger partial charge in [-0.2, -0.15) is 5.10 Å². The van der Waals surface area contributed by atoms with Gasteiger partial charge in [0.05, 0.1) is 18.4 Å². The molecule has 33 heavy (non-hydrogen) atoms. The third kappa shape index (κ3) is 5.32. The molecule has 0 fully saturated rings. The van der Waals surface area contributed by atoms with Crippen LogP contribution in [0.5, 0.6) is 11.5 Å². The van der Waals surface area contributed by atoms with E-state index in [9.17, 15) is 9.59 Å². The van der Waals surface area contributed by atoms with Gasteiger partial charge in [-0.25, -0.2) is 9.89 Å². The van der Waals surface area contributed by atoms with Crippen molar-refractivity contribution in [3.05, 3.63) is 86.8 Å². The molecule has 0 spiro atoms. The van der Waals surface area contributed by atoms with E-state index >= 15 is 0 Å². The highest BCUT2D eigenvalue weighted by molar-refractivity contribution is 7.14. The number of aromatic amines is 1. The maximum absolute atomic E-state index is 12.0. The van der Waals surface area contributed by atoms with Crippen LogP contribution in [0.4, 0.5) is 0 Å². The first-order valence-electron chi connectivity index (χ1n) is 10.3. The first-order chi connectivity index (χ1) is 15.9. The van der Waals surface area contributed by atoms with Crippen molar-refractivity contribution in [2.45, 2.75) is 26.2 Å². The number of hydrogen-bond acceptors (Lipinski definition) is 8. The number of esters is 1. The highest BCUT2D eigenvalue weighted by Crippen LogP contribution is 2.32. The zero-order valence-electron chi connectivity index (χ0n) is 18.4. The Balaban J connectivity index is 1.61. The number of methoxy groups -OCH3 is 1. The third-order valence-electron chi connectivity index (χ3n) is 4.86. The average Bonchev–Trinajstić information content (AvgIpc) is 3.32. The summed E-state index contributed by atoms with van der Waals surface area (Å²) in [6, 6.07) is 15.7. The number of carbonyl (C=O) groups excluding carboxylic acids is 1. The summed E-state index contributed by atoms with van der Waals surface area (Å²) in [5.41, 5.74) is 2.52. The molecule has 9 heteroatoms. The van der Waals surface area contributed by atoms with Crippen molar-refractivity contribution in [1.82, 2.24) is 20.4 Å². The molecule has 4 rings (SSSR count). The van der Waals surface area contributed by atoms with Gasteiger partial charge < -0.3 is 9.47 Å². The van der Waals surface area contributed by atoms with Crippen LogP contribution in [0.15, 0.2) is 59.4 Å². The van der Waals surface area contributed by atoms with Crippen LogP contribution in [0.2, 0.25) is 0 Å². The van der Waals surface area contributed by atoms with E-state index in [2.05, 4.69) is 34.2 Å². The molecule has 0 saturated carbocycles. The Kier molecular flexibility index (Phi) is 6.60. The molecule has 2 aromatic carbocycles. The number of H-pyrrole nitrogens is 1. The molecule has 2 heterocycles. The average molecular weight is 463 g/mol. The Labute approximate surface area is 194 Å². The first-order valence-corrected chi connectivity index (χ1v) is 11.1. The number of hydrogen-bond donors (Lipinski definition) is 1. The number of carbonyl (C=O) groups is 1. The highest BCUT2D eigenvalue weighted by Gasteiger charge is 2.14. The van der Waals surface area contributed by atoms with Crippen LogP contribution < -0.4 is 10.3 Å². The summed E-state index contributed by atoms with van der Waals surface area (Å²) < 4.78 is 11.0. The maximum atomic E-state index is 12.0. The van der Waals surface area contributed by atoms with E-state index in [1.54, 1.807) is 35.6 Å². The van der Waals surface area contributed by atoms with Gasteiger partial charge in [-0.05, 0) is 42.5 Å². The maximum Gasteiger partial charge on any atom is 0.337 e. The van der Waals surface area contributed by atoms with Gasteiger partial charge in [-0.3, -0.25) is 4.79 Å². The van der Waals surface area contributed by atoms with Crippen LogP contribution in [0, 0.1) is 0 Å². The van der Waals surface area contributed by atoms with Gasteiger partial charge in [0.15, 0.2) is 0 Å². The van der Waals surface area contributed by atoms with E-state index in [4.69, 9.17) is 9.47 Å². The topological polar surface area (TPSA) is 107 Å². The van der Waals surface area contributed by atoms with Crippen LogP contribution >= 0.6 is 11.3 Å². The molecule has 0 atom stereocenters. The van der Waals surface area contributed by atoms with Crippen LogP contribution in [-0.4, -0.2) is 33.5 Å². The van der Waals surface area contributed by atoms with E-state index in [1.165, 1.54) is 13.2 Å². The molecular formula is C24H22N4O4S. The predicted octanol–water partition coefficient (Wildman–Crippen LogP) is 4.58. The lowest BCUT2D eigenvalue weighted by atomic mass is 10.1. The lowest BCUT2D eigenvalue weighted by molar-refractivity contribution is 0.0600. The fourth-order valence-electron chi connectivity index (χ4n) is 3.08. The molecule has 0 saturated heterocycles. The van der Waals surface area contributed by atoms with Crippen molar-refractivity contribution in [1.29, 1.82) is 0 Å².